The Hall–Kier alpha value is -1.46. The quantitative estimate of drug-likeness (QED) is 0.806. The summed E-state index contributed by atoms with van der Waals surface area (Å²) in [5.41, 5.74) is 2.70. The van der Waals surface area contributed by atoms with Crippen molar-refractivity contribution in [2.24, 2.45) is 0 Å². The summed E-state index contributed by atoms with van der Waals surface area (Å²) < 4.78 is 9.55. The Balaban J connectivity index is 1.90. The molecule has 0 bridgehead atoms. The highest BCUT2D eigenvalue weighted by Crippen LogP contribution is 2.34. The maximum atomic E-state index is 12.5. The lowest BCUT2D eigenvalue weighted by atomic mass is 10.0. The molecule has 2 aromatic rings. The number of hydrogen-bond acceptors (Lipinski definition) is 5. The number of ketones is 1. The Morgan fingerprint density at radius 2 is 2.29 bits per heavy atom. The van der Waals surface area contributed by atoms with Crippen molar-refractivity contribution in [1.82, 2.24) is 9.59 Å². The summed E-state index contributed by atoms with van der Waals surface area (Å²) in [5.74, 6) is 1.02. The number of carbonyl (C=O) groups excluding carboxylic acids is 1. The van der Waals surface area contributed by atoms with Gasteiger partial charge in [-0.25, -0.2) is 0 Å². The molecule has 21 heavy (non-hydrogen) atoms. The molecule has 1 aliphatic rings. The molecule has 0 saturated carbocycles. The number of hydrogen-bond donors (Lipinski definition) is 0. The van der Waals surface area contributed by atoms with E-state index in [1.165, 1.54) is 0 Å². The predicted octanol–water partition coefficient (Wildman–Crippen LogP) is 3.68. The lowest BCUT2D eigenvalue weighted by molar-refractivity contribution is 0.0994. The molecule has 0 fully saturated rings. The molecule has 3 rings (SSSR count). The van der Waals surface area contributed by atoms with Gasteiger partial charge in [-0.1, -0.05) is 29.9 Å². The average Bonchev–Trinajstić information content (AvgIpc) is 3.06. The minimum Gasteiger partial charge on any atom is -0.493 e. The smallest absolute Gasteiger partial charge is 0.180 e. The Morgan fingerprint density at radius 3 is 3.05 bits per heavy atom. The van der Waals surface area contributed by atoms with E-state index in [2.05, 4.69) is 9.59 Å². The molecule has 110 valence electrons. The second-order valence-corrected chi connectivity index (χ2v) is 6.58. The van der Waals surface area contributed by atoms with E-state index in [4.69, 9.17) is 16.3 Å². The number of rotatable bonds is 4. The van der Waals surface area contributed by atoms with E-state index in [0.29, 0.717) is 16.5 Å². The molecule has 0 atom stereocenters. The van der Waals surface area contributed by atoms with Crippen molar-refractivity contribution in [3.8, 4) is 5.75 Å². The van der Waals surface area contributed by atoms with Crippen LogP contribution < -0.4 is 4.74 Å². The van der Waals surface area contributed by atoms with E-state index >= 15 is 0 Å². The molecule has 0 spiro atoms. The third kappa shape index (κ3) is 2.80. The summed E-state index contributed by atoms with van der Waals surface area (Å²) in [4.78, 5) is 13.2. The molecule has 0 saturated heterocycles. The minimum atomic E-state index is 0.0219. The molecule has 2 heterocycles. The molecule has 6 heteroatoms. The van der Waals surface area contributed by atoms with Gasteiger partial charge in [-0.2, -0.15) is 0 Å². The molecule has 0 radical (unpaired) electrons. The predicted molar refractivity (Wildman–Crippen MR) is 82.7 cm³/mol. The number of benzene rings is 1. The summed E-state index contributed by atoms with van der Waals surface area (Å²) in [6.45, 7) is 4.66. The maximum Gasteiger partial charge on any atom is 0.180 e. The fraction of sp³-hybridized carbons (Fsp3) is 0.400. The van der Waals surface area contributed by atoms with Crippen LogP contribution in [-0.4, -0.2) is 22.0 Å². The van der Waals surface area contributed by atoms with Gasteiger partial charge in [0, 0.05) is 23.4 Å². The first-order valence-corrected chi connectivity index (χ1v) is 8.01. The molecule has 0 amide bonds. The van der Waals surface area contributed by atoms with Crippen molar-refractivity contribution in [3.63, 3.8) is 0 Å². The van der Waals surface area contributed by atoms with Crippen molar-refractivity contribution in [2.75, 3.05) is 6.61 Å². The molecule has 0 unspecified atom stereocenters. The first-order chi connectivity index (χ1) is 10.1. The number of ether oxygens (including phenoxy) is 1. The third-order valence-corrected chi connectivity index (χ3v) is 4.49. The van der Waals surface area contributed by atoms with E-state index in [-0.39, 0.29) is 18.1 Å². The summed E-state index contributed by atoms with van der Waals surface area (Å²) in [6.07, 6.45) is 1.11. The number of nitrogens with zero attached hydrogens (tertiary/aromatic N) is 2. The molecule has 0 N–H and O–H groups in total. The number of Topliss-reactive ketones (excluding diaryl/α,β-unsaturated/α-hetero) is 1. The largest absolute Gasteiger partial charge is 0.493 e. The van der Waals surface area contributed by atoms with E-state index in [9.17, 15) is 4.79 Å². The van der Waals surface area contributed by atoms with E-state index in [1.807, 2.05) is 26.0 Å². The number of carbonyl (C=O) groups is 1. The first kappa shape index (κ1) is 14.5. The highest BCUT2D eigenvalue weighted by atomic mass is 35.5. The van der Waals surface area contributed by atoms with Crippen LogP contribution in [0.3, 0.4) is 0 Å². The van der Waals surface area contributed by atoms with Crippen LogP contribution in [0, 0.1) is 0 Å². The van der Waals surface area contributed by atoms with Gasteiger partial charge in [-0.05, 0) is 35.1 Å². The van der Waals surface area contributed by atoms with Gasteiger partial charge in [-0.3, -0.25) is 4.79 Å². The van der Waals surface area contributed by atoms with E-state index in [1.54, 1.807) is 0 Å². The monoisotopic (exact) mass is 322 g/mol. The Labute approximate surface area is 132 Å². The number of fused-ring (bicyclic) bond motifs is 1. The van der Waals surface area contributed by atoms with Gasteiger partial charge in [0.2, 0.25) is 0 Å². The highest BCUT2D eigenvalue weighted by Gasteiger charge is 2.23. The molecule has 1 aromatic heterocycles. The van der Waals surface area contributed by atoms with E-state index < -0.39 is 0 Å². The molecule has 4 nitrogen and oxygen atoms in total. The third-order valence-electron chi connectivity index (χ3n) is 3.49. The van der Waals surface area contributed by atoms with Gasteiger partial charge in [0.05, 0.1) is 12.3 Å². The normalized spacial score (nSPS) is 13.3. The summed E-state index contributed by atoms with van der Waals surface area (Å²) >= 11 is 7.29. The maximum absolute atomic E-state index is 12.5. The van der Waals surface area contributed by atoms with E-state index in [0.717, 1.165) is 40.5 Å². The Kier molecular flexibility index (Phi) is 3.95. The van der Waals surface area contributed by atoms with Crippen molar-refractivity contribution < 1.29 is 9.53 Å². The topological polar surface area (TPSA) is 52.1 Å². The van der Waals surface area contributed by atoms with Gasteiger partial charge >= 0.3 is 0 Å². The van der Waals surface area contributed by atoms with Gasteiger partial charge in [0.25, 0.3) is 0 Å². The second-order valence-electron chi connectivity index (χ2n) is 5.39. The van der Waals surface area contributed by atoms with Crippen LogP contribution in [0.15, 0.2) is 12.1 Å². The zero-order chi connectivity index (χ0) is 15.0. The van der Waals surface area contributed by atoms with Crippen molar-refractivity contribution in [2.45, 2.75) is 32.6 Å². The fourth-order valence-electron chi connectivity index (χ4n) is 2.50. The SMILES string of the molecule is CC(C)c1nnsc1C(=O)Cc1cc(Cl)cc2c1OCC2. The lowest BCUT2D eigenvalue weighted by Gasteiger charge is -2.09. The second kappa shape index (κ2) is 5.73. The average molecular weight is 323 g/mol. The molecular formula is C15H15ClN2O2S. The highest BCUT2D eigenvalue weighted by molar-refractivity contribution is 7.08. The zero-order valence-electron chi connectivity index (χ0n) is 11.9. The zero-order valence-corrected chi connectivity index (χ0v) is 13.4. The van der Waals surface area contributed by atoms with Crippen LogP contribution >= 0.6 is 23.1 Å². The minimum absolute atomic E-state index is 0.0219. The van der Waals surface area contributed by atoms with Crippen LogP contribution in [-0.2, 0) is 12.8 Å². The molecule has 1 aromatic carbocycles. The standard InChI is InChI=1S/C15H15ClN2O2S/c1-8(2)13-15(21-18-17-13)12(19)7-10-6-11(16)5-9-3-4-20-14(9)10/h5-6,8H,3-4,7H2,1-2H3. The lowest BCUT2D eigenvalue weighted by Crippen LogP contribution is -2.07. The van der Waals surface area contributed by atoms with Crippen molar-refractivity contribution in [3.05, 3.63) is 38.9 Å². The van der Waals surface area contributed by atoms with Crippen LogP contribution in [0.4, 0.5) is 0 Å². The van der Waals surface area contributed by atoms with Gasteiger partial charge in [0.1, 0.15) is 10.6 Å². The first-order valence-electron chi connectivity index (χ1n) is 6.85. The summed E-state index contributed by atoms with van der Waals surface area (Å²) in [5, 5.41) is 4.71. The summed E-state index contributed by atoms with van der Waals surface area (Å²) in [6, 6.07) is 3.72. The van der Waals surface area contributed by atoms with Crippen LogP contribution in [0.1, 0.15) is 46.3 Å². The number of aromatic nitrogens is 2. The fourth-order valence-corrected chi connectivity index (χ4v) is 3.52. The molecule has 0 aliphatic carbocycles. The molecule has 1 aliphatic heterocycles. The van der Waals surface area contributed by atoms with Gasteiger partial charge in [-0.15, -0.1) is 5.10 Å². The Morgan fingerprint density at radius 1 is 1.48 bits per heavy atom. The van der Waals surface area contributed by atoms with Crippen LogP contribution in [0.25, 0.3) is 0 Å². The Bertz CT molecular complexity index is 697. The van der Waals surface area contributed by atoms with Gasteiger partial charge < -0.3 is 4.74 Å². The summed E-state index contributed by atoms with van der Waals surface area (Å²) in [7, 11) is 0. The number of halogens is 1. The van der Waals surface area contributed by atoms with Crippen molar-refractivity contribution >= 4 is 28.9 Å². The molecular weight excluding hydrogens is 308 g/mol. The van der Waals surface area contributed by atoms with Crippen LogP contribution in [0.5, 0.6) is 5.75 Å². The van der Waals surface area contributed by atoms with Crippen molar-refractivity contribution in [1.29, 1.82) is 0 Å². The van der Waals surface area contributed by atoms with Crippen LogP contribution in [0.2, 0.25) is 5.02 Å². The van der Waals surface area contributed by atoms with Gasteiger partial charge in [0.15, 0.2) is 5.78 Å².